The van der Waals surface area contributed by atoms with E-state index in [-0.39, 0.29) is 18.0 Å². The van der Waals surface area contributed by atoms with E-state index in [2.05, 4.69) is 10.3 Å². The Balaban J connectivity index is 1.97. The molecule has 25 heavy (non-hydrogen) atoms. The molecule has 1 atom stereocenters. The lowest BCUT2D eigenvalue weighted by Crippen LogP contribution is -2.40. The summed E-state index contributed by atoms with van der Waals surface area (Å²) in [5, 5.41) is 2.55. The molecule has 1 aromatic heterocycles. The van der Waals surface area contributed by atoms with E-state index in [1.54, 1.807) is 19.1 Å². The Kier molecular flexibility index (Phi) is 5.22. The van der Waals surface area contributed by atoms with Gasteiger partial charge in [0, 0.05) is 5.56 Å². The van der Waals surface area contributed by atoms with Crippen molar-refractivity contribution in [3.8, 4) is 5.75 Å². The number of nitrogens with one attached hydrogen (secondary N) is 3. The van der Waals surface area contributed by atoms with E-state index in [1.165, 1.54) is 12.1 Å². The first-order valence-corrected chi connectivity index (χ1v) is 7.23. The zero-order chi connectivity index (χ0) is 18.6. The average Bonchev–Trinajstić information content (AvgIpc) is 2.56. The highest BCUT2D eigenvalue weighted by molar-refractivity contribution is 5.97. The highest BCUT2D eigenvalue weighted by Gasteiger charge is 2.16. The van der Waals surface area contributed by atoms with Gasteiger partial charge in [-0.15, -0.1) is 0 Å². The Morgan fingerprint density at radius 2 is 1.84 bits per heavy atom. The standard InChI is InChI=1S/C15H17N5O5/c1-7(6-25-9-4-2-8(3-5-9)12(17)21)18-14(23)11-10(16)13(22)20-15(24)19-11/h2-5,7H,6,16H2,1H3,(H2,17,21)(H,18,23)(H2,19,20,22,24). The number of rotatable bonds is 6. The fourth-order valence-electron chi connectivity index (χ4n) is 1.95. The van der Waals surface area contributed by atoms with Crippen LogP contribution in [0, 0.1) is 0 Å². The van der Waals surface area contributed by atoms with Gasteiger partial charge in [0.2, 0.25) is 5.91 Å². The first-order valence-electron chi connectivity index (χ1n) is 7.23. The first kappa shape index (κ1) is 17.8. The molecule has 0 radical (unpaired) electrons. The Hall–Kier alpha value is -3.56. The second-order valence-corrected chi connectivity index (χ2v) is 5.27. The highest BCUT2D eigenvalue weighted by atomic mass is 16.5. The van der Waals surface area contributed by atoms with E-state index in [0.717, 1.165) is 0 Å². The van der Waals surface area contributed by atoms with Crippen LogP contribution >= 0.6 is 0 Å². The molecular formula is C15H17N5O5. The molecule has 0 saturated carbocycles. The van der Waals surface area contributed by atoms with E-state index in [0.29, 0.717) is 11.3 Å². The smallest absolute Gasteiger partial charge is 0.326 e. The summed E-state index contributed by atoms with van der Waals surface area (Å²) in [6, 6.07) is 5.72. The van der Waals surface area contributed by atoms with Gasteiger partial charge in [0.1, 0.15) is 23.7 Å². The van der Waals surface area contributed by atoms with Gasteiger partial charge in [-0.25, -0.2) is 4.79 Å². The van der Waals surface area contributed by atoms with E-state index < -0.39 is 29.1 Å². The van der Waals surface area contributed by atoms with Crippen LogP contribution in [0.3, 0.4) is 0 Å². The molecule has 1 heterocycles. The monoisotopic (exact) mass is 347 g/mol. The summed E-state index contributed by atoms with van der Waals surface area (Å²) in [4.78, 5) is 49.8. The fraction of sp³-hybridized carbons (Fsp3) is 0.200. The lowest BCUT2D eigenvalue weighted by atomic mass is 10.2. The molecule has 2 aromatic rings. The van der Waals surface area contributed by atoms with Crippen LogP contribution < -0.4 is 32.8 Å². The zero-order valence-electron chi connectivity index (χ0n) is 13.3. The number of H-pyrrole nitrogens is 2. The Morgan fingerprint density at radius 3 is 2.44 bits per heavy atom. The molecule has 0 fully saturated rings. The Bertz CT molecular complexity index is 900. The van der Waals surface area contributed by atoms with E-state index in [4.69, 9.17) is 16.2 Å². The van der Waals surface area contributed by atoms with Gasteiger partial charge >= 0.3 is 5.69 Å². The summed E-state index contributed by atoms with van der Waals surface area (Å²) >= 11 is 0. The fourth-order valence-corrected chi connectivity index (χ4v) is 1.95. The number of carbonyl (C=O) groups is 2. The predicted molar refractivity (Wildman–Crippen MR) is 89.5 cm³/mol. The third kappa shape index (κ3) is 4.47. The molecule has 0 bridgehead atoms. The topological polar surface area (TPSA) is 173 Å². The van der Waals surface area contributed by atoms with Gasteiger partial charge in [0.05, 0.1) is 6.04 Å². The summed E-state index contributed by atoms with van der Waals surface area (Å²) in [7, 11) is 0. The Labute approximate surface area is 141 Å². The van der Waals surface area contributed by atoms with Gasteiger partial charge in [-0.2, -0.15) is 0 Å². The molecule has 10 nitrogen and oxygen atoms in total. The minimum atomic E-state index is -0.840. The number of anilines is 1. The molecule has 7 N–H and O–H groups in total. The molecule has 2 amide bonds. The normalized spacial score (nSPS) is 11.6. The summed E-state index contributed by atoms with van der Waals surface area (Å²) in [6.07, 6.45) is 0. The quantitative estimate of drug-likeness (QED) is 0.445. The second-order valence-electron chi connectivity index (χ2n) is 5.27. The minimum absolute atomic E-state index is 0.106. The predicted octanol–water partition coefficient (Wildman–Crippen LogP) is -1.06. The number of nitrogens with two attached hydrogens (primary N) is 2. The Morgan fingerprint density at radius 1 is 1.20 bits per heavy atom. The first-order chi connectivity index (χ1) is 11.8. The average molecular weight is 347 g/mol. The molecule has 1 unspecified atom stereocenters. The third-order valence-electron chi connectivity index (χ3n) is 3.22. The molecule has 10 heteroatoms. The largest absolute Gasteiger partial charge is 0.491 e. The van der Waals surface area contributed by atoms with E-state index in [1.807, 2.05) is 4.98 Å². The number of benzene rings is 1. The number of hydrogen-bond acceptors (Lipinski definition) is 6. The van der Waals surface area contributed by atoms with Crippen LogP contribution in [0.2, 0.25) is 0 Å². The number of aromatic amines is 2. The van der Waals surface area contributed by atoms with Crippen molar-refractivity contribution in [2.45, 2.75) is 13.0 Å². The summed E-state index contributed by atoms with van der Waals surface area (Å²) in [5.41, 5.74) is 8.61. The van der Waals surface area contributed by atoms with E-state index in [9.17, 15) is 19.2 Å². The van der Waals surface area contributed by atoms with Gasteiger partial charge in [-0.05, 0) is 31.2 Å². The lowest BCUT2D eigenvalue weighted by molar-refractivity contribution is 0.0921. The second kappa shape index (κ2) is 7.34. The highest BCUT2D eigenvalue weighted by Crippen LogP contribution is 2.12. The molecule has 0 aliphatic carbocycles. The maximum Gasteiger partial charge on any atom is 0.326 e. The van der Waals surface area contributed by atoms with Crippen molar-refractivity contribution in [3.05, 3.63) is 56.4 Å². The minimum Gasteiger partial charge on any atom is -0.491 e. The van der Waals surface area contributed by atoms with Crippen LogP contribution in [0.4, 0.5) is 5.69 Å². The van der Waals surface area contributed by atoms with Crippen LogP contribution in [0.25, 0.3) is 0 Å². The number of amides is 2. The number of hydrogen-bond donors (Lipinski definition) is 5. The third-order valence-corrected chi connectivity index (χ3v) is 3.22. The van der Waals surface area contributed by atoms with Crippen molar-refractivity contribution < 1.29 is 14.3 Å². The van der Waals surface area contributed by atoms with Crippen LogP contribution in [-0.4, -0.2) is 34.4 Å². The van der Waals surface area contributed by atoms with Gasteiger partial charge in [0.15, 0.2) is 0 Å². The maximum atomic E-state index is 12.1. The summed E-state index contributed by atoms with van der Waals surface area (Å²) in [5.74, 6) is -0.771. The number of nitrogen functional groups attached to an aromatic ring is 1. The van der Waals surface area contributed by atoms with Gasteiger partial charge in [-0.3, -0.25) is 19.4 Å². The van der Waals surface area contributed by atoms with Crippen molar-refractivity contribution in [1.29, 1.82) is 0 Å². The van der Waals surface area contributed by atoms with Crippen LogP contribution in [-0.2, 0) is 0 Å². The van der Waals surface area contributed by atoms with Gasteiger partial charge in [0.25, 0.3) is 11.5 Å². The maximum absolute atomic E-state index is 12.1. The van der Waals surface area contributed by atoms with Crippen molar-refractivity contribution >= 4 is 17.5 Å². The van der Waals surface area contributed by atoms with Crippen molar-refractivity contribution in [2.24, 2.45) is 5.73 Å². The summed E-state index contributed by atoms with van der Waals surface area (Å²) in [6.45, 7) is 1.77. The van der Waals surface area contributed by atoms with Crippen LogP contribution in [0.5, 0.6) is 5.75 Å². The van der Waals surface area contributed by atoms with Crippen LogP contribution in [0.1, 0.15) is 27.8 Å². The van der Waals surface area contributed by atoms with Crippen LogP contribution in [0.15, 0.2) is 33.9 Å². The SMILES string of the molecule is CC(COc1ccc(C(N)=O)cc1)NC(=O)c1[nH]c(=O)[nH]c(=O)c1N. The molecule has 0 aliphatic rings. The molecule has 0 saturated heterocycles. The van der Waals surface area contributed by atoms with E-state index >= 15 is 0 Å². The van der Waals surface area contributed by atoms with Crippen molar-refractivity contribution in [2.75, 3.05) is 12.3 Å². The molecule has 0 spiro atoms. The molecule has 1 aromatic carbocycles. The lowest BCUT2D eigenvalue weighted by Gasteiger charge is -2.15. The molecule has 132 valence electrons. The number of carbonyl (C=O) groups excluding carboxylic acids is 2. The van der Waals surface area contributed by atoms with Crippen molar-refractivity contribution in [1.82, 2.24) is 15.3 Å². The van der Waals surface area contributed by atoms with Gasteiger partial charge in [-0.1, -0.05) is 0 Å². The molecule has 0 aliphatic heterocycles. The van der Waals surface area contributed by atoms with Gasteiger partial charge < -0.3 is 26.5 Å². The summed E-state index contributed by atoms with van der Waals surface area (Å²) < 4.78 is 5.48. The number of primary amides is 1. The van der Waals surface area contributed by atoms with Crippen molar-refractivity contribution in [3.63, 3.8) is 0 Å². The number of aromatic nitrogens is 2. The molecule has 2 rings (SSSR count). The molecular weight excluding hydrogens is 330 g/mol. The number of ether oxygens (including phenoxy) is 1. The zero-order valence-corrected chi connectivity index (χ0v) is 13.3.